The first-order chi connectivity index (χ1) is 13.6. The van der Waals surface area contributed by atoms with E-state index in [1.807, 2.05) is 0 Å². The van der Waals surface area contributed by atoms with Gasteiger partial charge in [-0.15, -0.1) is 0 Å². The van der Waals surface area contributed by atoms with Gasteiger partial charge in [-0.25, -0.2) is 14.6 Å². The maximum atomic E-state index is 11.6. The molecule has 2 N–H and O–H groups in total. The van der Waals surface area contributed by atoms with E-state index in [9.17, 15) is 9.59 Å². The van der Waals surface area contributed by atoms with Crippen LogP contribution in [0.15, 0.2) is 60.8 Å². The molecule has 2 aromatic carbocycles. The van der Waals surface area contributed by atoms with Crippen molar-refractivity contribution in [3.63, 3.8) is 0 Å². The highest BCUT2D eigenvalue weighted by Crippen LogP contribution is 2.19. The van der Waals surface area contributed by atoms with Crippen LogP contribution in [0.5, 0.6) is 0 Å². The molecule has 0 aliphatic rings. The Balaban J connectivity index is 1.72. The number of anilines is 4. The first-order valence-electron chi connectivity index (χ1n) is 8.33. The van der Waals surface area contributed by atoms with Crippen LogP contribution >= 0.6 is 0 Å². The van der Waals surface area contributed by atoms with Crippen molar-refractivity contribution < 1.29 is 19.1 Å². The summed E-state index contributed by atoms with van der Waals surface area (Å²) in [6.45, 7) is 0. The highest BCUT2D eigenvalue weighted by Gasteiger charge is 2.08. The van der Waals surface area contributed by atoms with Gasteiger partial charge in [0.05, 0.1) is 25.3 Å². The highest BCUT2D eigenvalue weighted by atomic mass is 16.5. The van der Waals surface area contributed by atoms with Crippen LogP contribution < -0.4 is 10.6 Å². The molecule has 0 aliphatic carbocycles. The van der Waals surface area contributed by atoms with Gasteiger partial charge in [0.25, 0.3) is 0 Å². The number of methoxy groups -OCH3 is 2. The Hall–Kier alpha value is -3.94. The van der Waals surface area contributed by atoms with E-state index in [0.29, 0.717) is 28.6 Å². The van der Waals surface area contributed by atoms with Crippen molar-refractivity contribution >= 4 is 35.1 Å². The van der Waals surface area contributed by atoms with Crippen LogP contribution in [0.4, 0.5) is 23.1 Å². The van der Waals surface area contributed by atoms with Gasteiger partial charge < -0.3 is 20.1 Å². The lowest BCUT2D eigenvalue weighted by atomic mass is 10.2. The Labute approximate surface area is 161 Å². The Bertz CT molecular complexity index is 990. The maximum Gasteiger partial charge on any atom is 0.337 e. The summed E-state index contributed by atoms with van der Waals surface area (Å²) in [6, 6.07) is 15.4. The second-order valence-electron chi connectivity index (χ2n) is 5.66. The van der Waals surface area contributed by atoms with Gasteiger partial charge in [-0.2, -0.15) is 4.98 Å². The molecule has 0 fully saturated rings. The van der Waals surface area contributed by atoms with E-state index in [4.69, 9.17) is 4.74 Å². The fourth-order valence-corrected chi connectivity index (χ4v) is 2.41. The van der Waals surface area contributed by atoms with E-state index in [0.717, 1.165) is 5.69 Å². The van der Waals surface area contributed by atoms with Gasteiger partial charge >= 0.3 is 11.9 Å². The zero-order chi connectivity index (χ0) is 19.9. The monoisotopic (exact) mass is 378 g/mol. The van der Waals surface area contributed by atoms with Crippen molar-refractivity contribution in [3.05, 3.63) is 71.9 Å². The lowest BCUT2D eigenvalue weighted by Crippen LogP contribution is -2.04. The van der Waals surface area contributed by atoms with E-state index >= 15 is 0 Å². The van der Waals surface area contributed by atoms with Crippen molar-refractivity contribution in [3.8, 4) is 0 Å². The second kappa shape index (κ2) is 8.63. The molecule has 0 radical (unpaired) electrons. The minimum Gasteiger partial charge on any atom is -0.465 e. The molecule has 0 aliphatic heterocycles. The van der Waals surface area contributed by atoms with E-state index in [2.05, 4.69) is 25.3 Å². The fourth-order valence-electron chi connectivity index (χ4n) is 2.41. The van der Waals surface area contributed by atoms with Crippen LogP contribution in [-0.2, 0) is 9.47 Å². The molecule has 3 aromatic rings. The molecule has 8 nitrogen and oxygen atoms in total. The van der Waals surface area contributed by atoms with Crippen LogP contribution in [0, 0.1) is 0 Å². The van der Waals surface area contributed by atoms with E-state index in [1.165, 1.54) is 14.2 Å². The SMILES string of the molecule is COC(=O)c1ccc(Nc2ccnc(Nc3cccc(C(=O)OC)c3)n2)cc1. The van der Waals surface area contributed by atoms with Gasteiger partial charge in [0, 0.05) is 17.6 Å². The summed E-state index contributed by atoms with van der Waals surface area (Å²) in [5.74, 6) is 0.107. The number of rotatable bonds is 6. The predicted octanol–water partition coefficient (Wildman–Crippen LogP) is 3.54. The molecule has 0 spiro atoms. The van der Waals surface area contributed by atoms with Crippen molar-refractivity contribution in [2.45, 2.75) is 0 Å². The van der Waals surface area contributed by atoms with Gasteiger partial charge in [-0.3, -0.25) is 0 Å². The molecule has 1 aromatic heterocycles. The molecule has 1 heterocycles. The summed E-state index contributed by atoms with van der Waals surface area (Å²) < 4.78 is 9.40. The molecule has 3 rings (SSSR count). The summed E-state index contributed by atoms with van der Waals surface area (Å²) in [4.78, 5) is 31.7. The average Bonchev–Trinajstić information content (AvgIpc) is 2.73. The average molecular weight is 378 g/mol. The summed E-state index contributed by atoms with van der Waals surface area (Å²) in [6.07, 6.45) is 1.60. The molecular formula is C20H18N4O4. The van der Waals surface area contributed by atoms with Crippen molar-refractivity contribution in [1.29, 1.82) is 0 Å². The van der Waals surface area contributed by atoms with Crippen molar-refractivity contribution in [1.82, 2.24) is 9.97 Å². The molecule has 0 atom stereocenters. The third kappa shape index (κ3) is 4.61. The number of nitrogens with zero attached hydrogens (tertiary/aromatic N) is 2. The van der Waals surface area contributed by atoms with E-state index < -0.39 is 11.9 Å². The van der Waals surface area contributed by atoms with Crippen LogP contribution in [-0.4, -0.2) is 36.1 Å². The number of ether oxygens (including phenoxy) is 2. The summed E-state index contributed by atoms with van der Waals surface area (Å²) in [7, 11) is 2.67. The van der Waals surface area contributed by atoms with Gasteiger partial charge in [0.2, 0.25) is 5.95 Å². The summed E-state index contributed by atoms with van der Waals surface area (Å²) in [5.41, 5.74) is 2.29. The molecular weight excluding hydrogens is 360 g/mol. The molecule has 8 heteroatoms. The first-order valence-corrected chi connectivity index (χ1v) is 8.33. The van der Waals surface area contributed by atoms with Crippen LogP contribution in [0.25, 0.3) is 0 Å². The van der Waals surface area contributed by atoms with Crippen molar-refractivity contribution in [2.24, 2.45) is 0 Å². The lowest BCUT2D eigenvalue weighted by Gasteiger charge is -2.09. The number of benzene rings is 2. The lowest BCUT2D eigenvalue weighted by molar-refractivity contribution is 0.0592. The topological polar surface area (TPSA) is 102 Å². The number of carbonyl (C=O) groups excluding carboxylic acids is 2. The number of hydrogen-bond donors (Lipinski definition) is 2. The minimum atomic E-state index is -0.421. The Morgan fingerprint density at radius 3 is 2.25 bits per heavy atom. The normalized spacial score (nSPS) is 10.1. The number of hydrogen-bond acceptors (Lipinski definition) is 8. The highest BCUT2D eigenvalue weighted by molar-refractivity contribution is 5.90. The van der Waals surface area contributed by atoms with Crippen molar-refractivity contribution in [2.75, 3.05) is 24.9 Å². The van der Waals surface area contributed by atoms with E-state index in [-0.39, 0.29) is 0 Å². The molecule has 142 valence electrons. The Kier molecular flexibility index (Phi) is 5.81. The standard InChI is InChI=1S/C20H18N4O4/c1-27-18(25)13-6-8-15(9-7-13)22-17-10-11-21-20(24-17)23-16-5-3-4-14(12-16)19(26)28-2/h3-12H,1-2H3,(H2,21,22,23,24). The third-order valence-corrected chi connectivity index (χ3v) is 3.77. The zero-order valence-corrected chi connectivity index (χ0v) is 15.3. The summed E-state index contributed by atoms with van der Waals surface area (Å²) in [5, 5.41) is 6.19. The van der Waals surface area contributed by atoms with E-state index in [1.54, 1.807) is 60.8 Å². The molecule has 28 heavy (non-hydrogen) atoms. The Morgan fingerprint density at radius 1 is 0.821 bits per heavy atom. The smallest absolute Gasteiger partial charge is 0.337 e. The van der Waals surface area contributed by atoms with Crippen LogP contribution in [0.2, 0.25) is 0 Å². The first kappa shape index (κ1) is 18.8. The fraction of sp³-hybridized carbons (Fsp3) is 0.100. The van der Waals surface area contributed by atoms with Crippen LogP contribution in [0.1, 0.15) is 20.7 Å². The predicted molar refractivity (Wildman–Crippen MR) is 104 cm³/mol. The number of aromatic nitrogens is 2. The number of nitrogens with one attached hydrogen (secondary N) is 2. The molecule has 0 unspecified atom stereocenters. The molecule has 0 saturated heterocycles. The quantitative estimate of drug-likeness (QED) is 0.628. The largest absolute Gasteiger partial charge is 0.465 e. The third-order valence-electron chi connectivity index (χ3n) is 3.77. The van der Waals surface area contributed by atoms with Gasteiger partial charge in [0.1, 0.15) is 5.82 Å². The number of esters is 2. The van der Waals surface area contributed by atoms with Crippen LogP contribution in [0.3, 0.4) is 0 Å². The van der Waals surface area contributed by atoms with Gasteiger partial charge in [0.15, 0.2) is 0 Å². The van der Waals surface area contributed by atoms with Gasteiger partial charge in [-0.05, 0) is 48.5 Å². The zero-order valence-electron chi connectivity index (χ0n) is 15.3. The molecule has 0 amide bonds. The molecule has 0 saturated carbocycles. The Morgan fingerprint density at radius 2 is 1.54 bits per heavy atom. The number of carbonyl (C=O) groups is 2. The minimum absolute atomic E-state index is 0.359. The maximum absolute atomic E-state index is 11.6. The van der Waals surface area contributed by atoms with Gasteiger partial charge in [-0.1, -0.05) is 6.07 Å². The second-order valence-corrected chi connectivity index (χ2v) is 5.66. The summed E-state index contributed by atoms with van der Waals surface area (Å²) >= 11 is 0. The molecule has 0 bridgehead atoms.